The van der Waals surface area contributed by atoms with E-state index < -0.39 is 17.7 Å². The summed E-state index contributed by atoms with van der Waals surface area (Å²) in [5.41, 5.74) is 0.369. The molecule has 0 aromatic rings. The van der Waals surface area contributed by atoms with E-state index >= 15 is 0 Å². The first-order chi connectivity index (χ1) is 13.1. The van der Waals surface area contributed by atoms with E-state index in [1.807, 2.05) is 40.7 Å². The fourth-order valence-electron chi connectivity index (χ4n) is 3.65. The number of ether oxygens (including phenoxy) is 4. The van der Waals surface area contributed by atoms with Crippen LogP contribution in [0.15, 0.2) is 23.2 Å². The summed E-state index contributed by atoms with van der Waals surface area (Å²) in [5, 5.41) is 0. The van der Waals surface area contributed by atoms with Gasteiger partial charge in [0, 0.05) is 13.0 Å². The normalized spacial score (nSPS) is 22.4. The molecule has 7 nitrogen and oxygen atoms in total. The van der Waals surface area contributed by atoms with E-state index in [0.717, 1.165) is 17.8 Å². The van der Waals surface area contributed by atoms with Crippen LogP contribution in [0.3, 0.4) is 0 Å². The summed E-state index contributed by atoms with van der Waals surface area (Å²) < 4.78 is 21.9. The predicted octanol–water partition coefficient (Wildman–Crippen LogP) is 3.79. The van der Waals surface area contributed by atoms with Gasteiger partial charge in [-0.1, -0.05) is 0 Å². The molecule has 1 saturated heterocycles. The van der Waals surface area contributed by atoms with Crippen LogP contribution in [0.1, 0.15) is 53.9 Å². The summed E-state index contributed by atoms with van der Waals surface area (Å²) >= 11 is 0. The van der Waals surface area contributed by atoms with Crippen LogP contribution in [0.2, 0.25) is 0 Å². The molecule has 1 unspecified atom stereocenters. The van der Waals surface area contributed by atoms with Gasteiger partial charge in [0.05, 0.1) is 32.8 Å². The highest BCUT2D eigenvalue weighted by Gasteiger charge is 2.41. The SMILES string of the molecule is COC1=C(OC)CC2CCN(C(=O)OC(C)(C)C)[C@H](CC(=O)OC(C)C)C2=C1. The highest BCUT2D eigenvalue weighted by atomic mass is 16.6. The van der Waals surface area contributed by atoms with Crippen LogP contribution in [-0.2, 0) is 23.7 Å². The third-order valence-electron chi connectivity index (χ3n) is 4.78. The lowest BCUT2D eigenvalue weighted by atomic mass is 9.78. The molecule has 0 bridgehead atoms. The van der Waals surface area contributed by atoms with E-state index in [9.17, 15) is 9.59 Å². The van der Waals surface area contributed by atoms with Gasteiger partial charge < -0.3 is 23.8 Å². The molecule has 1 aliphatic heterocycles. The molecule has 2 aliphatic rings. The second-order valence-electron chi connectivity index (χ2n) is 8.46. The molecule has 158 valence electrons. The standard InChI is InChI=1S/C21H33NO6/c1-13(2)27-19(23)12-16-15-11-18(26-7)17(25-6)10-14(15)8-9-22(16)20(24)28-21(3,4)5/h11,13-14,16H,8-10,12H2,1-7H3/t14?,16-/m1/s1. The largest absolute Gasteiger partial charge is 0.497 e. The lowest BCUT2D eigenvalue weighted by Gasteiger charge is -2.43. The van der Waals surface area contributed by atoms with Crippen LogP contribution in [0.25, 0.3) is 0 Å². The molecule has 2 rings (SSSR count). The Labute approximate surface area is 167 Å². The zero-order valence-corrected chi connectivity index (χ0v) is 18.0. The molecule has 1 fully saturated rings. The van der Waals surface area contributed by atoms with Crippen molar-refractivity contribution in [2.75, 3.05) is 20.8 Å². The minimum Gasteiger partial charge on any atom is -0.497 e. The minimum atomic E-state index is -0.612. The van der Waals surface area contributed by atoms with Crippen LogP contribution >= 0.6 is 0 Å². The molecule has 28 heavy (non-hydrogen) atoms. The summed E-state index contributed by atoms with van der Waals surface area (Å²) in [7, 11) is 3.21. The number of likely N-dealkylation sites (tertiary alicyclic amines) is 1. The summed E-state index contributed by atoms with van der Waals surface area (Å²) in [6.07, 6.45) is 2.80. The average Bonchev–Trinajstić information content (AvgIpc) is 2.58. The van der Waals surface area contributed by atoms with Gasteiger partial charge in [0.15, 0.2) is 5.76 Å². The molecule has 0 aromatic heterocycles. The zero-order chi connectivity index (χ0) is 21.1. The van der Waals surface area contributed by atoms with Crippen molar-refractivity contribution in [3.8, 4) is 0 Å². The Bertz CT molecular complexity index is 658. The Morgan fingerprint density at radius 2 is 1.89 bits per heavy atom. The summed E-state index contributed by atoms with van der Waals surface area (Å²) in [5.74, 6) is 1.26. The van der Waals surface area contributed by atoms with Crippen molar-refractivity contribution >= 4 is 12.1 Å². The lowest BCUT2D eigenvalue weighted by molar-refractivity contribution is -0.148. The molecule has 0 spiro atoms. The van der Waals surface area contributed by atoms with E-state index in [1.54, 1.807) is 19.1 Å². The number of fused-ring (bicyclic) bond motifs is 1. The second kappa shape index (κ2) is 8.88. The minimum absolute atomic E-state index is 0.0824. The molecule has 0 radical (unpaired) electrons. The number of hydrogen-bond donors (Lipinski definition) is 0. The Hall–Kier alpha value is -2.18. The van der Waals surface area contributed by atoms with Gasteiger partial charge in [-0.15, -0.1) is 0 Å². The third kappa shape index (κ3) is 5.42. The van der Waals surface area contributed by atoms with Crippen LogP contribution in [0.5, 0.6) is 0 Å². The fourth-order valence-corrected chi connectivity index (χ4v) is 3.65. The van der Waals surface area contributed by atoms with Gasteiger partial charge in [-0.3, -0.25) is 4.79 Å². The summed E-state index contributed by atoms with van der Waals surface area (Å²) in [6.45, 7) is 9.62. The van der Waals surface area contributed by atoms with E-state index in [-0.39, 0.29) is 24.4 Å². The monoisotopic (exact) mass is 395 g/mol. The van der Waals surface area contributed by atoms with Gasteiger partial charge in [-0.05, 0) is 58.6 Å². The van der Waals surface area contributed by atoms with E-state index in [0.29, 0.717) is 18.7 Å². The van der Waals surface area contributed by atoms with E-state index in [2.05, 4.69) is 0 Å². The number of piperidine rings is 1. The van der Waals surface area contributed by atoms with Crippen molar-refractivity contribution in [2.45, 2.75) is 71.6 Å². The number of nitrogens with zero attached hydrogens (tertiary/aromatic N) is 1. The van der Waals surface area contributed by atoms with E-state index in [1.165, 1.54) is 0 Å². The van der Waals surface area contributed by atoms with Gasteiger partial charge in [-0.2, -0.15) is 0 Å². The topological polar surface area (TPSA) is 74.3 Å². The number of carbonyl (C=O) groups excluding carboxylic acids is 2. The molecule has 2 atom stereocenters. The molecule has 1 heterocycles. The average molecular weight is 395 g/mol. The number of rotatable bonds is 5. The maximum absolute atomic E-state index is 12.8. The van der Waals surface area contributed by atoms with Gasteiger partial charge in [0.25, 0.3) is 0 Å². The van der Waals surface area contributed by atoms with Gasteiger partial charge in [0.1, 0.15) is 11.4 Å². The second-order valence-corrected chi connectivity index (χ2v) is 8.46. The molecular formula is C21H33NO6. The van der Waals surface area contributed by atoms with Crippen molar-refractivity contribution in [1.82, 2.24) is 4.90 Å². The van der Waals surface area contributed by atoms with Crippen LogP contribution in [0.4, 0.5) is 4.79 Å². The summed E-state index contributed by atoms with van der Waals surface area (Å²) in [4.78, 5) is 26.9. The molecule has 0 saturated carbocycles. The smallest absolute Gasteiger partial charge is 0.410 e. The fraction of sp³-hybridized carbons (Fsp3) is 0.714. The lowest BCUT2D eigenvalue weighted by Crippen LogP contribution is -2.51. The maximum atomic E-state index is 12.8. The Morgan fingerprint density at radius 1 is 1.21 bits per heavy atom. The number of methoxy groups -OCH3 is 2. The Morgan fingerprint density at radius 3 is 2.43 bits per heavy atom. The first-order valence-electron chi connectivity index (χ1n) is 9.77. The van der Waals surface area contributed by atoms with Crippen LogP contribution in [0, 0.1) is 5.92 Å². The first-order valence-corrected chi connectivity index (χ1v) is 9.77. The van der Waals surface area contributed by atoms with E-state index in [4.69, 9.17) is 18.9 Å². The molecule has 1 amide bonds. The highest BCUT2D eigenvalue weighted by molar-refractivity contribution is 5.74. The van der Waals surface area contributed by atoms with Gasteiger partial charge >= 0.3 is 12.1 Å². The zero-order valence-electron chi connectivity index (χ0n) is 18.0. The Kier molecular flexibility index (Phi) is 7.01. The number of carbonyl (C=O) groups is 2. The number of amides is 1. The summed E-state index contributed by atoms with van der Waals surface area (Å²) in [6, 6.07) is -0.427. The first kappa shape index (κ1) is 22.1. The van der Waals surface area contributed by atoms with Crippen molar-refractivity contribution in [2.24, 2.45) is 5.92 Å². The Balaban J connectivity index is 2.36. The number of hydrogen-bond acceptors (Lipinski definition) is 6. The van der Waals surface area contributed by atoms with Crippen molar-refractivity contribution in [3.63, 3.8) is 0 Å². The third-order valence-corrected chi connectivity index (χ3v) is 4.78. The molecule has 1 aliphatic carbocycles. The number of allylic oxidation sites excluding steroid dienone is 2. The number of esters is 1. The van der Waals surface area contributed by atoms with Gasteiger partial charge in [-0.25, -0.2) is 4.79 Å². The quantitative estimate of drug-likeness (QED) is 0.660. The van der Waals surface area contributed by atoms with Crippen LogP contribution < -0.4 is 0 Å². The molecule has 0 aromatic carbocycles. The predicted molar refractivity (Wildman–Crippen MR) is 104 cm³/mol. The molecule has 7 heteroatoms. The van der Waals surface area contributed by atoms with Crippen molar-refractivity contribution in [3.05, 3.63) is 23.2 Å². The highest BCUT2D eigenvalue weighted by Crippen LogP contribution is 2.40. The maximum Gasteiger partial charge on any atom is 0.410 e. The van der Waals surface area contributed by atoms with Crippen LogP contribution in [-0.4, -0.2) is 55.5 Å². The van der Waals surface area contributed by atoms with Crippen molar-refractivity contribution in [1.29, 1.82) is 0 Å². The van der Waals surface area contributed by atoms with Crippen molar-refractivity contribution < 1.29 is 28.5 Å². The molecule has 0 N–H and O–H groups in total. The molecular weight excluding hydrogens is 362 g/mol. The van der Waals surface area contributed by atoms with Gasteiger partial charge in [0.2, 0.25) is 0 Å².